The largest absolute Gasteiger partial charge is 0.183 e. The van der Waals surface area contributed by atoms with Crippen molar-refractivity contribution in [3.63, 3.8) is 0 Å². The molecule has 1 heteroatoms. The predicted molar refractivity (Wildman–Crippen MR) is 76.3 cm³/mol. The molecule has 0 N–H and O–H groups in total. The van der Waals surface area contributed by atoms with Gasteiger partial charge in [0.2, 0.25) is 0 Å². The maximum absolute atomic E-state index is 3.53. The van der Waals surface area contributed by atoms with Crippen molar-refractivity contribution >= 4 is 12.6 Å². The van der Waals surface area contributed by atoms with E-state index in [1.807, 2.05) is 0 Å². The molecule has 0 aromatic heterocycles. The molecule has 0 bridgehead atoms. The topological polar surface area (TPSA) is 0 Å². The second kappa shape index (κ2) is 6.39. The van der Waals surface area contributed by atoms with Crippen LogP contribution in [0.15, 0.2) is 48.5 Å². The fourth-order valence-electron chi connectivity index (χ4n) is 1.49. The zero-order valence-electron chi connectivity index (χ0n) is 10.1. The van der Waals surface area contributed by atoms with Gasteiger partial charge in [-0.15, -0.1) is 0 Å². The van der Waals surface area contributed by atoms with Crippen LogP contribution >= 0.6 is 12.6 Å². The summed E-state index contributed by atoms with van der Waals surface area (Å²) < 4.78 is 0. The van der Waals surface area contributed by atoms with Crippen molar-refractivity contribution < 1.29 is 0 Å². The monoisotopic (exact) mass is 230 g/mol. The maximum Gasteiger partial charge on any atom is -0.0184 e. The van der Waals surface area contributed by atoms with E-state index in [9.17, 15) is 0 Å². The molecule has 0 saturated heterocycles. The first-order valence-electron chi connectivity index (χ1n) is 5.34. The summed E-state index contributed by atoms with van der Waals surface area (Å²) in [6.07, 6.45) is 1.69. The summed E-state index contributed by atoms with van der Waals surface area (Å²) in [5.74, 6) is 0. The van der Waals surface area contributed by atoms with Crippen LogP contribution in [0.5, 0.6) is 0 Å². The second-order valence-corrected chi connectivity index (χ2v) is 3.73. The van der Waals surface area contributed by atoms with Crippen LogP contribution in [0.3, 0.4) is 0 Å². The summed E-state index contributed by atoms with van der Waals surface area (Å²) in [5.41, 5.74) is 5.19. The smallest absolute Gasteiger partial charge is 0.0184 e. The molecule has 0 aliphatic rings. The van der Waals surface area contributed by atoms with Gasteiger partial charge >= 0.3 is 0 Å². The van der Waals surface area contributed by atoms with Crippen molar-refractivity contribution in [3.05, 3.63) is 59.7 Å². The summed E-state index contributed by atoms with van der Waals surface area (Å²) in [4.78, 5) is 0. The summed E-state index contributed by atoms with van der Waals surface area (Å²) in [6.45, 7) is 4.22. The predicted octanol–water partition coefficient (Wildman–Crippen LogP) is 4.52. The van der Waals surface area contributed by atoms with E-state index >= 15 is 0 Å². The van der Waals surface area contributed by atoms with Gasteiger partial charge in [0.15, 0.2) is 0 Å². The lowest BCUT2D eigenvalue weighted by molar-refractivity contribution is 1.45. The SMILES string of the molecule is CS.Cc1ccc(-c2ccc(C)cc2)cc1. The average molecular weight is 230 g/mol. The highest BCUT2D eigenvalue weighted by Crippen LogP contribution is 2.19. The van der Waals surface area contributed by atoms with Crippen LogP contribution in [0, 0.1) is 13.8 Å². The van der Waals surface area contributed by atoms with Crippen LogP contribution in [0.2, 0.25) is 0 Å². The van der Waals surface area contributed by atoms with Gasteiger partial charge in [0, 0.05) is 0 Å². The van der Waals surface area contributed by atoms with Crippen LogP contribution in [-0.4, -0.2) is 6.26 Å². The van der Waals surface area contributed by atoms with Gasteiger partial charge in [-0.1, -0.05) is 59.7 Å². The molecular weight excluding hydrogens is 212 g/mol. The number of aryl methyl sites for hydroxylation is 2. The lowest BCUT2D eigenvalue weighted by Gasteiger charge is -2.02. The second-order valence-electron chi connectivity index (χ2n) is 3.73. The molecule has 84 valence electrons. The molecule has 0 amide bonds. The van der Waals surface area contributed by atoms with E-state index in [0.717, 1.165) is 0 Å². The lowest BCUT2D eigenvalue weighted by atomic mass is 10.0. The minimum absolute atomic E-state index is 1.29. The van der Waals surface area contributed by atoms with Gasteiger partial charge in [-0.2, -0.15) is 12.6 Å². The molecule has 0 atom stereocenters. The standard InChI is InChI=1S/C14H14.CH4S/c1-11-3-7-13(8-4-11)14-9-5-12(2)6-10-14;1-2/h3-10H,1-2H3;2H,1H3. The number of benzene rings is 2. The Kier molecular flexibility index (Phi) is 5.13. The van der Waals surface area contributed by atoms with Crippen LogP contribution in [0.4, 0.5) is 0 Å². The number of hydrogen-bond acceptors (Lipinski definition) is 1. The Balaban J connectivity index is 0.000000606. The van der Waals surface area contributed by atoms with Crippen LogP contribution in [0.25, 0.3) is 11.1 Å². The molecule has 2 aromatic carbocycles. The Hall–Kier alpha value is -1.21. The van der Waals surface area contributed by atoms with E-state index in [-0.39, 0.29) is 0 Å². The first kappa shape index (κ1) is 12.9. The Morgan fingerprint density at radius 1 is 0.562 bits per heavy atom. The zero-order chi connectivity index (χ0) is 12.0. The van der Waals surface area contributed by atoms with E-state index in [0.29, 0.717) is 0 Å². The number of hydrogen-bond donors (Lipinski definition) is 1. The zero-order valence-corrected chi connectivity index (χ0v) is 11.0. The molecule has 0 spiro atoms. The van der Waals surface area contributed by atoms with Gasteiger partial charge in [0.1, 0.15) is 0 Å². The maximum atomic E-state index is 3.53. The Morgan fingerprint density at radius 3 is 1.06 bits per heavy atom. The molecule has 16 heavy (non-hydrogen) atoms. The summed E-state index contributed by atoms with van der Waals surface area (Å²) in [7, 11) is 0. The Labute approximate surface area is 104 Å². The Morgan fingerprint density at radius 2 is 0.812 bits per heavy atom. The third-order valence-electron chi connectivity index (χ3n) is 2.44. The number of thiol groups is 1. The van der Waals surface area contributed by atoms with Gasteiger partial charge in [-0.3, -0.25) is 0 Å². The first-order valence-corrected chi connectivity index (χ1v) is 6.23. The van der Waals surface area contributed by atoms with Crippen molar-refractivity contribution in [2.45, 2.75) is 13.8 Å². The van der Waals surface area contributed by atoms with Crippen LogP contribution < -0.4 is 0 Å². The van der Waals surface area contributed by atoms with Crippen LogP contribution in [0.1, 0.15) is 11.1 Å². The van der Waals surface area contributed by atoms with Crippen molar-refractivity contribution in [1.29, 1.82) is 0 Å². The van der Waals surface area contributed by atoms with E-state index in [4.69, 9.17) is 0 Å². The van der Waals surface area contributed by atoms with Gasteiger partial charge in [0.05, 0.1) is 0 Å². The quantitative estimate of drug-likeness (QED) is 0.684. The van der Waals surface area contributed by atoms with E-state index < -0.39 is 0 Å². The fourth-order valence-corrected chi connectivity index (χ4v) is 1.49. The van der Waals surface area contributed by atoms with Crippen molar-refractivity contribution in [1.82, 2.24) is 0 Å². The highest BCUT2D eigenvalue weighted by Gasteiger charge is 1.95. The minimum Gasteiger partial charge on any atom is -0.183 e. The molecule has 0 nitrogen and oxygen atoms in total. The molecular formula is C15H18S. The average Bonchev–Trinajstić information content (AvgIpc) is 2.34. The highest BCUT2D eigenvalue weighted by atomic mass is 32.1. The summed E-state index contributed by atoms with van der Waals surface area (Å²) in [6, 6.07) is 17.3. The third-order valence-corrected chi connectivity index (χ3v) is 2.44. The summed E-state index contributed by atoms with van der Waals surface area (Å²) >= 11 is 3.53. The minimum atomic E-state index is 1.29. The molecule has 2 aromatic rings. The molecule has 0 saturated carbocycles. The molecule has 0 heterocycles. The normalized spacial score (nSPS) is 9.25. The Bertz CT molecular complexity index is 369. The highest BCUT2D eigenvalue weighted by molar-refractivity contribution is 7.79. The van der Waals surface area contributed by atoms with Crippen molar-refractivity contribution in [2.75, 3.05) is 6.26 Å². The molecule has 0 unspecified atom stereocenters. The molecule has 0 aliphatic heterocycles. The van der Waals surface area contributed by atoms with E-state index in [2.05, 4.69) is 75.0 Å². The molecule has 0 radical (unpaired) electrons. The summed E-state index contributed by atoms with van der Waals surface area (Å²) in [5, 5.41) is 0. The van der Waals surface area contributed by atoms with Crippen LogP contribution in [-0.2, 0) is 0 Å². The lowest BCUT2D eigenvalue weighted by Crippen LogP contribution is -1.78. The fraction of sp³-hybridized carbons (Fsp3) is 0.200. The van der Waals surface area contributed by atoms with Crippen molar-refractivity contribution in [2.24, 2.45) is 0 Å². The van der Waals surface area contributed by atoms with Gasteiger partial charge in [-0.25, -0.2) is 0 Å². The van der Waals surface area contributed by atoms with E-state index in [1.165, 1.54) is 22.3 Å². The van der Waals surface area contributed by atoms with Crippen molar-refractivity contribution in [3.8, 4) is 11.1 Å². The van der Waals surface area contributed by atoms with E-state index in [1.54, 1.807) is 6.26 Å². The number of rotatable bonds is 1. The van der Waals surface area contributed by atoms with Gasteiger partial charge < -0.3 is 0 Å². The molecule has 2 rings (SSSR count). The first-order chi connectivity index (χ1) is 7.75. The third kappa shape index (κ3) is 3.42. The van der Waals surface area contributed by atoms with Gasteiger partial charge in [0.25, 0.3) is 0 Å². The molecule has 0 aliphatic carbocycles. The molecule has 0 fully saturated rings. The van der Waals surface area contributed by atoms with Gasteiger partial charge in [-0.05, 0) is 31.2 Å².